The van der Waals surface area contributed by atoms with E-state index in [1.165, 1.54) is 12.1 Å². The Bertz CT molecular complexity index is 1070. The summed E-state index contributed by atoms with van der Waals surface area (Å²) in [5.74, 6) is 1.24. The zero-order chi connectivity index (χ0) is 22.3. The van der Waals surface area contributed by atoms with Gasteiger partial charge in [0.1, 0.15) is 17.7 Å². The van der Waals surface area contributed by atoms with Crippen LogP contribution in [0.25, 0.3) is 0 Å². The minimum Gasteiger partial charge on any atom is -0.439 e. The number of pyridine rings is 1. The van der Waals surface area contributed by atoms with Gasteiger partial charge in [-0.1, -0.05) is 12.1 Å². The van der Waals surface area contributed by atoms with Gasteiger partial charge in [-0.25, -0.2) is 14.4 Å². The molecule has 0 amide bonds. The van der Waals surface area contributed by atoms with E-state index in [0.29, 0.717) is 31.3 Å². The molecule has 1 aromatic carbocycles. The lowest BCUT2D eigenvalue weighted by Gasteiger charge is -2.34. The van der Waals surface area contributed by atoms with Gasteiger partial charge in [-0.3, -0.25) is 4.68 Å². The third-order valence-electron chi connectivity index (χ3n) is 5.06. The van der Waals surface area contributed by atoms with Gasteiger partial charge in [-0.2, -0.15) is 5.10 Å². The summed E-state index contributed by atoms with van der Waals surface area (Å²) >= 11 is 0. The van der Waals surface area contributed by atoms with Crippen molar-refractivity contribution in [2.75, 3.05) is 26.2 Å². The third kappa shape index (κ3) is 5.42. The van der Waals surface area contributed by atoms with Crippen LogP contribution >= 0.6 is 0 Å². The molecule has 3 heterocycles. The Morgan fingerprint density at radius 1 is 1.34 bits per heavy atom. The van der Waals surface area contributed by atoms with Crippen LogP contribution in [-0.2, 0) is 18.3 Å². The average molecular weight is 439 g/mol. The number of ether oxygens (including phenoxy) is 2. The van der Waals surface area contributed by atoms with Gasteiger partial charge in [0.25, 0.3) is 0 Å². The molecule has 1 N–H and O–H groups in total. The average Bonchev–Trinajstić information content (AvgIpc) is 3.24. The standard InChI is InChI=1S/C23H27FN6O2/c1-3-25-23(30-10-11-31-21(16-30)18-14-28-29(2)15-18)27-13-17-6-5-9-26-22(17)32-20-8-4-7-19(24)12-20/h4-9,12,14-15,21H,3,10-11,13,16H2,1-2H3,(H,25,27). The highest BCUT2D eigenvalue weighted by atomic mass is 19.1. The summed E-state index contributed by atoms with van der Waals surface area (Å²) in [5.41, 5.74) is 1.86. The van der Waals surface area contributed by atoms with E-state index in [9.17, 15) is 4.39 Å². The molecular formula is C23H27FN6O2. The second-order valence-electron chi connectivity index (χ2n) is 7.45. The zero-order valence-electron chi connectivity index (χ0n) is 18.2. The van der Waals surface area contributed by atoms with Crippen molar-refractivity contribution in [2.24, 2.45) is 12.0 Å². The van der Waals surface area contributed by atoms with Crippen LogP contribution in [0, 0.1) is 5.82 Å². The largest absolute Gasteiger partial charge is 0.439 e. The van der Waals surface area contributed by atoms with Gasteiger partial charge in [-0.15, -0.1) is 0 Å². The van der Waals surface area contributed by atoms with Crippen molar-refractivity contribution >= 4 is 5.96 Å². The highest BCUT2D eigenvalue weighted by molar-refractivity contribution is 5.80. The first-order chi connectivity index (χ1) is 15.6. The van der Waals surface area contributed by atoms with E-state index in [4.69, 9.17) is 14.5 Å². The molecule has 9 heteroatoms. The number of hydrogen-bond donors (Lipinski definition) is 1. The van der Waals surface area contributed by atoms with Crippen molar-refractivity contribution in [1.29, 1.82) is 0 Å². The first-order valence-electron chi connectivity index (χ1n) is 10.6. The Morgan fingerprint density at radius 3 is 3.03 bits per heavy atom. The minimum atomic E-state index is -0.358. The quantitative estimate of drug-likeness (QED) is 0.470. The number of benzene rings is 1. The maximum atomic E-state index is 13.5. The third-order valence-corrected chi connectivity index (χ3v) is 5.06. The van der Waals surface area contributed by atoms with E-state index < -0.39 is 0 Å². The Kier molecular flexibility index (Phi) is 6.96. The monoisotopic (exact) mass is 438 g/mol. The van der Waals surface area contributed by atoms with Crippen molar-refractivity contribution in [2.45, 2.75) is 19.6 Å². The lowest BCUT2D eigenvalue weighted by Crippen LogP contribution is -2.48. The lowest BCUT2D eigenvalue weighted by molar-refractivity contribution is -0.00805. The predicted molar refractivity (Wildman–Crippen MR) is 119 cm³/mol. The first-order valence-corrected chi connectivity index (χ1v) is 10.6. The lowest BCUT2D eigenvalue weighted by atomic mass is 10.1. The van der Waals surface area contributed by atoms with Gasteiger partial charge in [0, 0.05) is 49.7 Å². The van der Waals surface area contributed by atoms with Crippen LogP contribution in [0.15, 0.2) is 60.0 Å². The number of halogens is 1. The summed E-state index contributed by atoms with van der Waals surface area (Å²) in [7, 11) is 1.90. The summed E-state index contributed by atoms with van der Waals surface area (Å²) < 4.78 is 27.1. The Balaban J connectivity index is 1.50. The molecule has 1 saturated heterocycles. The molecule has 1 unspecified atom stereocenters. The second kappa shape index (κ2) is 10.2. The molecule has 1 atom stereocenters. The van der Waals surface area contributed by atoms with Crippen molar-refractivity contribution < 1.29 is 13.9 Å². The smallest absolute Gasteiger partial charge is 0.224 e. The van der Waals surface area contributed by atoms with Crippen molar-refractivity contribution in [3.63, 3.8) is 0 Å². The van der Waals surface area contributed by atoms with E-state index in [0.717, 1.165) is 30.2 Å². The number of aryl methyl sites for hydroxylation is 1. The predicted octanol–water partition coefficient (Wildman–Crippen LogP) is 3.29. The molecule has 0 spiro atoms. The zero-order valence-corrected chi connectivity index (χ0v) is 18.2. The van der Waals surface area contributed by atoms with Gasteiger partial charge in [0.05, 0.1) is 25.9 Å². The van der Waals surface area contributed by atoms with Gasteiger partial charge < -0.3 is 19.7 Å². The molecule has 4 rings (SSSR count). The van der Waals surface area contributed by atoms with Crippen LogP contribution < -0.4 is 10.1 Å². The Morgan fingerprint density at radius 2 is 2.25 bits per heavy atom. The number of aromatic nitrogens is 3. The number of rotatable bonds is 6. The molecule has 168 valence electrons. The number of morpholine rings is 1. The van der Waals surface area contributed by atoms with Crippen LogP contribution in [0.2, 0.25) is 0 Å². The van der Waals surface area contributed by atoms with Crippen molar-refractivity contribution in [1.82, 2.24) is 25.0 Å². The summed E-state index contributed by atoms with van der Waals surface area (Å²) in [5, 5.41) is 7.62. The molecule has 3 aromatic rings. The molecule has 2 aromatic heterocycles. The van der Waals surface area contributed by atoms with Crippen molar-refractivity contribution in [3.05, 3.63) is 71.9 Å². The molecule has 0 saturated carbocycles. The number of nitrogens with one attached hydrogen (secondary N) is 1. The number of nitrogens with zero attached hydrogens (tertiary/aromatic N) is 5. The normalized spacial score (nSPS) is 16.8. The molecule has 1 fully saturated rings. The molecule has 0 aliphatic carbocycles. The fourth-order valence-corrected chi connectivity index (χ4v) is 3.51. The summed E-state index contributed by atoms with van der Waals surface area (Å²) in [6, 6.07) is 9.75. The number of aliphatic imine (C=N–C) groups is 1. The summed E-state index contributed by atoms with van der Waals surface area (Å²) in [6.45, 7) is 5.17. The van der Waals surface area contributed by atoms with Crippen molar-refractivity contribution in [3.8, 4) is 11.6 Å². The SMILES string of the molecule is CCNC(=NCc1cccnc1Oc1cccc(F)c1)N1CCOC(c2cnn(C)c2)C1. The van der Waals surface area contributed by atoms with E-state index in [2.05, 4.69) is 20.3 Å². The summed E-state index contributed by atoms with van der Waals surface area (Å²) in [4.78, 5) is 11.3. The van der Waals surface area contributed by atoms with E-state index in [1.54, 1.807) is 23.0 Å². The Labute approximate surface area is 186 Å². The van der Waals surface area contributed by atoms with Crippen LogP contribution in [-0.4, -0.2) is 51.9 Å². The fourth-order valence-electron chi connectivity index (χ4n) is 3.51. The fraction of sp³-hybridized carbons (Fsp3) is 0.348. The maximum Gasteiger partial charge on any atom is 0.224 e. The Hall–Kier alpha value is -3.46. The van der Waals surface area contributed by atoms with E-state index in [1.807, 2.05) is 38.5 Å². The maximum absolute atomic E-state index is 13.5. The van der Waals surface area contributed by atoms with Crippen LogP contribution in [0.3, 0.4) is 0 Å². The molecule has 1 aliphatic heterocycles. The summed E-state index contributed by atoms with van der Waals surface area (Å²) in [6.07, 6.45) is 5.40. The van der Waals surface area contributed by atoms with Crippen LogP contribution in [0.5, 0.6) is 11.6 Å². The number of hydrogen-bond acceptors (Lipinski definition) is 5. The van der Waals surface area contributed by atoms with Crippen LogP contribution in [0.1, 0.15) is 24.2 Å². The molecule has 8 nitrogen and oxygen atoms in total. The second-order valence-corrected chi connectivity index (χ2v) is 7.45. The van der Waals surface area contributed by atoms with Gasteiger partial charge in [0.15, 0.2) is 5.96 Å². The highest BCUT2D eigenvalue weighted by Gasteiger charge is 2.25. The molecular weight excluding hydrogens is 411 g/mol. The number of guanidine groups is 1. The topological polar surface area (TPSA) is 76.8 Å². The molecule has 0 bridgehead atoms. The molecule has 1 aliphatic rings. The van der Waals surface area contributed by atoms with Gasteiger partial charge >= 0.3 is 0 Å². The first kappa shape index (κ1) is 21.8. The van der Waals surface area contributed by atoms with E-state index in [-0.39, 0.29) is 11.9 Å². The molecule has 0 radical (unpaired) electrons. The minimum absolute atomic E-state index is 0.0634. The molecule has 32 heavy (non-hydrogen) atoms. The van der Waals surface area contributed by atoms with Gasteiger partial charge in [-0.05, 0) is 25.1 Å². The van der Waals surface area contributed by atoms with E-state index >= 15 is 0 Å². The van der Waals surface area contributed by atoms with Crippen LogP contribution in [0.4, 0.5) is 4.39 Å². The highest BCUT2D eigenvalue weighted by Crippen LogP contribution is 2.25. The van der Waals surface area contributed by atoms with Gasteiger partial charge in [0.2, 0.25) is 5.88 Å².